The number of carboxylic acids is 1. The average Bonchev–Trinajstić information content (AvgIpc) is 2.90. The highest BCUT2D eigenvalue weighted by molar-refractivity contribution is 5.75. The van der Waals surface area contributed by atoms with E-state index in [1.54, 1.807) is 18.2 Å². The number of rotatable bonds is 6. The summed E-state index contributed by atoms with van der Waals surface area (Å²) in [6, 6.07) is 6.72. The Morgan fingerprint density at radius 1 is 1.48 bits per heavy atom. The number of hydrogen-bond acceptors (Lipinski definition) is 4. The molecule has 1 aromatic carbocycles. The first-order valence-electron chi connectivity index (χ1n) is 7.16. The minimum atomic E-state index is -0.738. The molecule has 1 aliphatic heterocycles. The van der Waals surface area contributed by atoms with Crippen molar-refractivity contribution in [3.8, 4) is 0 Å². The molecule has 1 atom stereocenters. The predicted molar refractivity (Wildman–Crippen MR) is 78.2 cm³/mol. The van der Waals surface area contributed by atoms with E-state index < -0.39 is 11.4 Å². The summed E-state index contributed by atoms with van der Waals surface area (Å²) < 4.78 is 0. The minimum absolute atomic E-state index is 0.136. The van der Waals surface area contributed by atoms with Crippen molar-refractivity contribution in [1.29, 1.82) is 0 Å². The molecule has 1 heterocycles. The van der Waals surface area contributed by atoms with Crippen LogP contribution >= 0.6 is 0 Å². The highest BCUT2D eigenvalue weighted by atomic mass is 16.6. The molecule has 2 rings (SSSR count). The maximum absolute atomic E-state index is 11.4. The van der Waals surface area contributed by atoms with Gasteiger partial charge in [-0.05, 0) is 25.8 Å². The summed E-state index contributed by atoms with van der Waals surface area (Å²) in [6.45, 7) is 3.82. The van der Waals surface area contributed by atoms with Crippen molar-refractivity contribution < 1.29 is 14.8 Å². The van der Waals surface area contributed by atoms with Gasteiger partial charge in [-0.15, -0.1) is 0 Å². The first kappa shape index (κ1) is 15.4. The van der Waals surface area contributed by atoms with E-state index in [9.17, 15) is 20.0 Å². The zero-order chi connectivity index (χ0) is 15.5. The minimum Gasteiger partial charge on any atom is -0.481 e. The number of nitrogens with zero attached hydrogens (tertiary/aromatic N) is 2. The molecule has 1 saturated heterocycles. The van der Waals surface area contributed by atoms with Gasteiger partial charge in [0.1, 0.15) is 0 Å². The number of carbonyl (C=O) groups is 1. The molecule has 6 heteroatoms. The fourth-order valence-corrected chi connectivity index (χ4v) is 2.94. The lowest BCUT2D eigenvalue weighted by atomic mass is 9.84. The summed E-state index contributed by atoms with van der Waals surface area (Å²) in [5, 5.41) is 20.3. The highest BCUT2D eigenvalue weighted by Crippen LogP contribution is 2.34. The molecule has 6 nitrogen and oxygen atoms in total. The molecule has 1 aromatic rings. The van der Waals surface area contributed by atoms with Gasteiger partial charge in [0.25, 0.3) is 5.69 Å². The van der Waals surface area contributed by atoms with Crippen LogP contribution in [0.2, 0.25) is 0 Å². The third-order valence-corrected chi connectivity index (χ3v) is 4.45. The molecule has 0 bridgehead atoms. The van der Waals surface area contributed by atoms with E-state index in [1.807, 2.05) is 6.92 Å². The molecule has 1 aliphatic rings. The lowest BCUT2D eigenvalue weighted by molar-refractivity contribution is -0.385. The Balaban J connectivity index is 1.99. The van der Waals surface area contributed by atoms with Crippen molar-refractivity contribution in [3.05, 3.63) is 39.9 Å². The van der Waals surface area contributed by atoms with E-state index >= 15 is 0 Å². The van der Waals surface area contributed by atoms with Crippen LogP contribution in [0.25, 0.3) is 0 Å². The fourth-order valence-electron chi connectivity index (χ4n) is 2.94. The summed E-state index contributed by atoms with van der Waals surface area (Å²) in [6.07, 6.45) is 1.83. The summed E-state index contributed by atoms with van der Waals surface area (Å²) >= 11 is 0. The summed E-state index contributed by atoms with van der Waals surface area (Å²) in [5.74, 6) is -0.738. The topological polar surface area (TPSA) is 83.7 Å². The molecular weight excluding hydrogens is 272 g/mol. The van der Waals surface area contributed by atoms with Crippen LogP contribution in [0.4, 0.5) is 5.69 Å². The van der Waals surface area contributed by atoms with Crippen LogP contribution in [0.15, 0.2) is 24.3 Å². The van der Waals surface area contributed by atoms with Gasteiger partial charge >= 0.3 is 5.97 Å². The van der Waals surface area contributed by atoms with Crippen LogP contribution in [-0.4, -0.2) is 40.5 Å². The standard InChI is InChI=1S/C15H20N2O4/c1-2-15(14(18)19)8-10-16(11-15)9-7-12-5-3-4-6-13(12)17(20)21/h3-6H,2,7-11H2,1H3,(H,18,19). The lowest BCUT2D eigenvalue weighted by Gasteiger charge is -2.23. The van der Waals surface area contributed by atoms with Crippen molar-refractivity contribution in [1.82, 2.24) is 4.90 Å². The van der Waals surface area contributed by atoms with E-state index in [-0.39, 0.29) is 10.6 Å². The lowest BCUT2D eigenvalue weighted by Crippen LogP contribution is -2.34. The van der Waals surface area contributed by atoms with Crippen molar-refractivity contribution in [2.75, 3.05) is 19.6 Å². The van der Waals surface area contributed by atoms with Gasteiger partial charge in [-0.25, -0.2) is 0 Å². The Bertz CT molecular complexity index is 546. The van der Waals surface area contributed by atoms with Crippen LogP contribution in [0.5, 0.6) is 0 Å². The number of nitro groups is 1. The van der Waals surface area contributed by atoms with Crippen LogP contribution in [0, 0.1) is 15.5 Å². The Labute approximate surface area is 123 Å². The number of hydrogen-bond donors (Lipinski definition) is 1. The quantitative estimate of drug-likeness (QED) is 0.642. The SMILES string of the molecule is CCC1(C(=O)O)CCN(CCc2ccccc2[N+](=O)[O-])C1. The van der Waals surface area contributed by atoms with Crippen LogP contribution in [-0.2, 0) is 11.2 Å². The van der Waals surface area contributed by atoms with Gasteiger partial charge in [-0.2, -0.15) is 0 Å². The largest absolute Gasteiger partial charge is 0.481 e. The molecular formula is C15H20N2O4. The summed E-state index contributed by atoms with van der Waals surface area (Å²) in [7, 11) is 0. The molecule has 0 radical (unpaired) electrons. The maximum atomic E-state index is 11.4. The zero-order valence-corrected chi connectivity index (χ0v) is 12.1. The van der Waals surface area contributed by atoms with Crippen molar-refractivity contribution in [3.63, 3.8) is 0 Å². The number of likely N-dealkylation sites (tertiary alicyclic amines) is 1. The molecule has 0 aliphatic carbocycles. The Hall–Kier alpha value is -1.95. The van der Waals surface area contributed by atoms with E-state index in [4.69, 9.17) is 0 Å². The zero-order valence-electron chi connectivity index (χ0n) is 12.1. The van der Waals surface area contributed by atoms with E-state index in [0.29, 0.717) is 37.9 Å². The van der Waals surface area contributed by atoms with Crippen molar-refractivity contribution >= 4 is 11.7 Å². The molecule has 0 aromatic heterocycles. The first-order valence-corrected chi connectivity index (χ1v) is 7.16. The Morgan fingerprint density at radius 3 is 2.76 bits per heavy atom. The highest BCUT2D eigenvalue weighted by Gasteiger charge is 2.42. The van der Waals surface area contributed by atoms with Crippen LogP contribution in [0.1, 0.15) is 25.3 Å². The van der Waals surface area contributed by atoms with E-state index in [2.05, 4.69) is 4.90 Å². The monoisotopic (exact) mass is 292 g/mol. The van der Waals surface area contributed by atoms with Crippen LogP contribution < -0.4 is 0 Å². The molecule has 0 amide bonds. The molecule has 1 fully saturated rings. The van der Waals surface area contributed by atoms with Gasteiger partial charge in [-0.1, -0.05) is 25.1 Å². The van der Waals surface area contributed by atoms with Gasteiger partial charge in [-0.3, -0.25) is 14.9 Å². The van der Waals surface area contributed by atoms with Gasteiger partial charge in [0.05, 0.1) is 10.3 Å². The second-order valence-electron chi connectivity index (χ2n) is 5.60. The van der Waals surface area contributed by atoms with Crippen LogP contribution in [0.3, 0.4) is 0 Å². The third-order valence-electron chi connectivity index (χ3n) is 4.45. The normalized spacial score (nSPS) is 22.3. The molecule has 1 N–H and O–H groups in total. The molecule has 0 saturated carbocycles. The predicted octanol–water partition coefficient (Wildman–Crippen LogP) is 2.32. The molecule has 0 spiro atoms. The second-order valence-corrected chi connectivity index (χ2v) is 5.60. The van der Waals surface area contributed by atoms with Crippen molar-refractivity contribution in [2.24, 2.45) is 5.41 Å². The van der Waals surface area contributed by atoms with Gasteiger partial charge in [0, 0.05) is 24.7 Å². The average molecular weight is 292 g/mol. The number of para-hydroxylation sites is 1. The molecule has 114 valence electrons. The number of aliphatic carboxylic acids is 1. The van der Waals surface area contributed by atoms with E-state index in [0.717, 1.165) is 6.54 Å². The molecule has 1 unspecified atom stereocenters. The summed E-state index contributed by atoms with van der Waals surface area (Å²) in [5.41, 5.74) is 0.186. The van der Waals surface area contributed by atoms with Gasteiger partial charge < -0.3 is 10.0 Å². The second kappa shape index (κ2) is 6.22. The summed E-state index contributed by atoms with van der Waals surface area (Å²) in [4.78, 5) is 24.1. The number of carboxylic acid groups (broad SMARTS) is 1. The van der Waals surface area contributed by atoms with E-state index in [1.165, 1.54) is 6.07 Å². The Morgan fingerprint density at radius 2 is 2.19 bits per heavy atom. The number of nitro benzene ring substituents is 1. The fraction of sp³-hybridized carbons (Fsp3) is 0.533. The Kier molecular flexibility index (Phi) is 4.57. The molecule has 21 heavy (non-hydrogen) atoms. The maximum Gasteiger partial charge on any atom is 0.310 e. The smallest absolute Gasteiger partial charge is 0.310 e. The first-order chi connectivity index (χ1) is 9.98. The van der Waals surface area contributed by atoms with Gasteiger partial charge in [0.2, 0.25) is 0 Å². The van der Waals surface area contributed by atoms with Gasteiger partial charge in [0.15, 0.2) is 0 Å². The number of benzene rings is 1. The van der Waals surface area contributed by atoms with Crippen molar-refractivity contribution in [2.45, 2.75) is 26.2 Å². The third kappa shape index (κ3) is 3.21.